The molecule has 5 rings (SSSR count). The summed E-state index contributed by atoms with van der Waals surface area (Å²) < 4.78 is 38.2. The van der Waals surface area contributed by atoms with E-state index >= 15 is 0 Å². The minimum Gasteiger partial charge on any atom is -0.374 e. The van der Waals surface area contributed by atoms with E-state index in [1.165, 1.54) is 0 Å². The lowest BCUT2D eigenvalue weighted by Crippen LogP contribution is -2.72. The van der Waals surface area contributed by atoms with Crippen molar-refractivity contribution in [3.63, 3.8) is 0 Å². The van der Waals surface area contributed by atoms with Crippen molar-refractivity contribution in [3.8, 4) is 0 Å². The molecule has 142 valence electrons. The molecule has 0 aromatic heterocycles. The van der Waals surface area contributed by atoms with Gasteiger partial charge in [0.25, 0.3) is 0 Å². The normalized spacial score (nSPS) is 37.3. The number of ether oxygens (including phenoxy) is 5. The molecule has 2 aromatic rings. The monoisotopic (exact) mass is 370 g/mol. The standard InChI is InChI=1S/C22H24O5/c1-3-7-17(8-4-1)11-23-15-21-14-22(26-12-18-9-5-2-6-10-18)20(21)19(13-25-21)24-16-27-22/h1-10,19-20H,11-16H2/t19-,20?,21-,22?/m1/s1/i13T/t13-,19+,20?,21+,22?/m0. The summed E-state index contributed by atoms with van der Waals surface area (Å²) in [6, 6.07) is 20.1. The molecule has 3 fully saturated rings. The van der Waals surface area contributed by atoms with Crippen molar-refractivity contribution >= 4 is 0 Å². The zero-order valence-electron chi connectivity index (χ0n) is 16.1. The molecule has 2 unspecified atom stereocenters. The zero-order valence-corrected chi connectivity index (χ0v) is 15.1. The van der Waals surface area contributed by atoms with Crippen LogP contribution in [0.25, 0.3) is 0 Å². The van der Waals surface area contributed by atoms with Crippen LogP contribution in [0.2, 0.25) is 0 Å². The molecule has 0 radical (unpaired) electrons. The summed E-state index contributed by atoms with van der Waals surface area (Å²) in [4.78, 5) is 0. The Morgan fingerprint density at radius 1 is 0.963 bits per heavy atom. The van der Waals surface area contributed by atoms with Crippen molar-refractivity contribution < 1.29 is 25.1 Å². The van der Waals surface area contributed by atoms with Crippen LogP contribution < -0.4 is 0 Å². The van der Waals surface area contributed by atoms with Gasteiger partial charge in [0.05, 0.1) is 39.8 Å². The van der Waals surface area contributed by atoms with Crippen LogP contribution in [0.3, 0.4) is 0 Å². The fourth-order valence-corrected chi connectivity index (χ4v) is 4.39. The van der Waals surface area contributed by atoms with Crippen molar-refractivity contribution in [2.75, 3.05) is 20.0 Å². The number of hydrogen-bond acceptors (Lipinski definition) is 5. The van der Waals surface area contributed by atoms with E-state index in [1.807, 2.05) is 60.7 Å². The third-order valence-electron chi connectivity index (χ3n) is 5.70. The first-order valence-corrected chi connectivity index (χ1v) is 9.36. The molecular weight excluding hydrogens is 344 g/mol. The maximum absolute atomic E-state index is 8.31. The second kappa shape index (κ2) is 7.00. The Morgan fingerprint density at radius 2 is 1.67 bits per heavy atom. The van der Waals surface area contributed by atoms with Crippen molar-refractivity contribution in [1.29, 1.82) is 0 Å². The average molecular weight is 370 g/mol. The van der Waals surface area contributed by atoms with Gasteiger partial charge < -0.3 is 23.7 Å². The van der Waals surface area contributed by atoms with Gasteiger partial charge in [0.1, 0.15) is 5.60 Å². The third-order valence-corrected chi connectivity index (χ3v) is 5.70. The lowest BCUT2D eigenvalue weighted by Gasteiger charge is -2.59. The van der Waals surface area contributed by atoms with Crippen LogP contribution in [0.4, 0.5) is 0 Å². The lowest BCUT2D eigenvalue weighted by molar-refractivity contribution is -0.421. The Kier molecular flexibility index (Phi) is 4.21. The van der Waals surface area contributed by atoms with Gasteiger partial charge in [-0.15, -0.1) is 0 Å². The Hall–Kier alpha value is -1.76. The second-order valence-electron chi connectivity index (χ2n) is 7.43. The summed E-state index contributed by atoms with van der Waals surface area (Å²) in [6.07, 6.45) is 0.181. The molecule has 0 amide bonds. The summed E-state index contributed by atoms with van der Waals surface area (Å²) in [7, 11) is 0. The van der Waals surface area contributed by atoms with Crippen LogP contribution >= 0.6 is 0 Å². The molecule has 2 saturated heterocycles. The molecule has 5 nitrogen and oxygen atoms in total. The first kappa shape index (κ1) is 16.2. The molecule has 1 saturated carbocycles. The molecule has 2 heterocycles. The molecule has 0 bridgehead atoms. The van der Waals surface area contributed by atoms with Gasteiger partial charge in [-0.3, -0.25) is 0 Å². The van der Waals surface area contributed by atoms with E-state index in [4.69, 9.17) is 25.1 Å². The van der Waals surface area contributed by atoms with E-state index in [-0.39, 0.29) is 18.8 Å². The van der Waals surface area contributed by atoms with Gasteiger partial charge in [-0.05, 0) is 11.1 Å². The van der Waals surface area contributed by atoms with Crippen molar-refractivity contribution in [1.82, 2.24) is 0 Å². The Labute approximate surface area is 160 Å². The fraction of sp³-hybridized carbons (Fsp3) is 0.455. The van der Waals surface area contributed by atoms with Crippen LogP contribution in [0.1, 0.15) is 18.9 Å². The molecular formula is C22H24O5. The van der Waals surface area contributed by atoms with Crippen LogP contribution in [0.5, 0.6) is 0 Å². The first-order valence-electron chi connectivity index (χ1n) is 9.94. The van der Waals surface area contributed by atoms with Gasteiger partial charge in [-0.25, -0.2) is 0 Å². The molecule has 5 atom stereocenters. The van der Waals surface area contributed by atoms with E-state index < -0.39 is 18.0 Å². The predicted molar refractivity (Wildman–Crippen MR) is 97.7 cm³/mol. The van der Waals surface area contributed by atoms with Crippen molar-refractivity contribution in [3.05, 3.63) is 71.8 Å². The maximum Gasteiger partial charge on any atom is 0.182 e. The lowest BCUT2D eigenvalue weighted by atomic mass is 9.63. The summed E-state index contributed by atoms with van der Waals surface area (Å²) in [5.41, 5.74) is 1.60. The number of benzene rings is 2. The van der Waals surface area contributed by atoms with Crippen molar-refractivity contribution in [2.24, 2.45) is 5.92 Å². The smallest absolute Gasteiger partial charge is 0.182 e. The largest absolute Gasteiger partial charge is 0.374 e. The quantitative estimate of drug-likeness (QED) is 0.749. The van der Waals surface area contributed by atoms with E-state index in [0.29, 0.717) is 26.2 Å². The first-order chi connectivity index (χ1) is 13.7. The molecule has 0 N–H and O–H groups in total. The highest BCUT2D eigenvalue weighted by Crippen LogP contribution is 2.60. The fourth-order valence-electron chi connectivity index (χ4n) is 4.39. The van der Waals surface area contributed by atoms with E-state index in [2.05, 4.69) is 0 Å². The topological polar surface area (TPSA) is 46.2 Å². The highest BCUT2D eigenvalue weighted by atomic mass is 16.8. The zero-order chi connectivity index (χ0) is 19.0. The van der Waals surface area contributed by atoms with Gasteiger partial charge in [0.2, 0.25) is 0 Å². The minimum absolute atomic E-state index is 0.121. The van der Waals surface area contributed by atoms with E-state index in [0.717, 1.165) is 11.1 Å². The number of rotatable bonds is 7. The van der Waals surface area contributed by atoms with Gasteiger partial charge in [0.15, 0.2) is 12.6 Å². The second-order valence-corrected chi connectivity index (χ2v) is 7.43. The van der Waals surface area contributed by atoms with Crippen LogP contribution in [-0.4, -0.2) is 37.5 Å². The summed E-state index contributed by atoms with van der Waals surface area (Å²) in [5.74, 6) is -0.944. The van der Waals surface area contributed by atoms with Gasteiger partial charge >= 0.3 is 0 Å². The SMILES string of the molecule is [3H][C@@H]1O[C@@]2(COCc3ccccc3)CC3(OCc4ccccc4)OCO[C@H]1C32. The Balaban J connectivity index is 1.28. The summed E-state index contributed by atoms with van der Waals surface area (Å²) in [6.45, 7) is 0.715. The molecule has 2 aliphatic heterocycles. The molecule has 5 heteroatoms. The molecule has 2 aromatic carbocycles. The highest BCUT2D eigenvalue weighted by molar-refractivity contribution is 5.19. The maximum atomic E-state index is 8.31. The van der Waals surface area contributed by atoms with E-state index in [9.17, 15) is 0 Å². The predicted octanol–water partition coefficient (Wildman–Crippen LogP) is 3.28. The average Bonchev–Trinajstić information content (AvgIpc) is 2.98. The minimum atomic E-state index is -0.773. The summed E-state index contributed by atoms with van der Waals surface area (Å²) >= 11 is 0. The molecule has 3 aliphatic rings. The summed E-state index contributed by atoms with van der Waals surface area (Å²) in [5, 5.41) is 0. The highest BCUT2D eigenvalue weighted by Gasteiger charge is 2.74. The number of hydrogen-bond donors (Lipinski definition) is 0. The molecule has 27 heavy (non-hydrogen) atoms. The Bertz CT molecular complexity index is 803. The Morgan fingerprint density at radius 3 is 2.41 bits per heavy atom. The third kappa shape index (κ3) is 3.10. The van der Waals surface area contributed by atoms with E-state index in [1.54, 1.807) is 0 Å². The van der Waals surface area contributed by atoms with Crippen molar-refractivity contribution in [2.45, 2.75) is 37.1 Å². The van der Waals surface area contributed by atoms with Gasteiger partial charge in [0, 0.05) is 6.42 Å². The van der Waals surface area contributed by atoms with Gasteiger partial charge in [-0.2, -0.15) is 0 Å². The van der Waals surface area contributed by atoms with Crippen LogP contribution in [-0.2, 0) is 36.9 Å². The van der Waals surface area contributed by atoms with Crippen LogP contribution in [0, 0.1) is 5.92 Å². The molecule has 0 spiro atoms. The van der Waals surface area contributed by atoms with Crippen LogP contribution in [0.15, 0.2) is 60.7 Å². The molecule has 1 aliphatic carbocycles. The van der Waals surface area contributed by atoms with Gasteiger partial charge in [-0.1, -0.05) is 60.7 Å².